The molecule has 1 N–H and O–H groups in total. The molecule has 1 nitrogen and oxygen atoms in total. The van der Waals surface area contributed by atoms with Crippen molar-refractivity contribution in [1.29, 1.82) is 0 Å². The Morgan fingerprint density at radius 3 is 2.71 bits per heavy atom. The first kappa shape index (κ1) is 11.1. The van der Waals surface area contributed by atoms with Gasteiger partial charge in [0.1, 0.15) is 0 Å². The molecule has 0 saturated carbocycles. The molecule has 0 aliphatic carbocycles. The summed E-state index contributed by atoms with van der Waals surface area (Å²) in [6.07, 6.45) is 5.29. The molecule has 0 fully saturated rings. The van der Waals surface area contributed by atoms with Gasteiger partial charge in [0, 0.05) is 11.1 Å². The zero-order valence-corrected chi connectivity index (χ0v) is 9.18. The van der Waals surface area contributed by atoms with Crippen molar-refractivity contribution in [1.82, 2.24) is 5.32 Å². The predicted octanol–water partition coefficient (Wildman–Crippen LogP) is 3.01. The standard InChI is InChI=1S/C12H14ClN/c1-4-9(2)14-10(3)11-6-5-7-12(13)8-11/h1,5-10,14H,2-3H3/t9?,10-/m0/s1. The molecule has 0 aromatic heterocycles. The molecular formula is C12H14ClN. The highest BCUT2D eigenvalue weighted by atomic mass is 35.5. The minimum absolute atomic E-state index is 0.0731. The fraction of sp³-hybridized carbons (Fsp3) is 0.333. The lowest BCUT2D eigenvalue weighted by Gasteiger charge is -2.16. The van der Waals surface area contributed by atoms with Crippen LogP contribution in [0.4, 0.5) is 0 Å². The number of halogens is 1. The van der Waals surface area contributed by atoms with Gasteiger partial charge in [0.2, 0.25) is 0 Å². The van der Waals surface area contributed by atoms with E-state index in [1.54, 1.807) is 0 Å². The highest BCUT2D eigenvalue weighted by Crippen LogP contribution is 2.17. The lowest BCUT2D eigenvalue weighted by atomic mass is 10.1. The monoisotopic (exact) mass is 207 g/mol. The second-order valence-electron chi connectivity index (χ2n) is 3.33. The molecule has 2 heteroatoms. The number of hydrogen-bond acceptors (Lipinski definition) is 1. The molecule has 0 spiro atoms. The Morgan fingerprint density at radius 2 is 2.14 bits per heavy atom. The maximum absolute atomic E-state index is 5.89. The van der Waals surface area contributed by atoms with Gasteiger partial charge in [-0.3, -0.25) is 5.32 Å². The van der Waals surface area contributed by atoms with E-state index in [0.29, 0.717) is 0 Å². The van der Waals surface area contributed by atoms with E-state index in [0.717, 1.165) is 10.6 Å². The summed E-state index contributed by atoms with van der Waals surface area (Å²) >= 11 is 5.89. The smallest absolute Gasteiger partial charge is 0.0662 e. The number of rotatable bonds is 3. The average molecular weight is 208 g/mol. The van der Waals surface area contributed by atoms with Gasteiger partial charge >= 0.3 is 0 Å². The number of benzene rings is 1. The van der Waals surface area contributed by atoms with Gasteiger partial charge < -0.3 is 0 Å². The molecule has 1 aromatic carbocycles. The van der Waals surface area contributed by atoms with E-state index >= 15 is 0 Å². The quantitative estimate of drug-likeness (QED) is 0.752. The van der Waals surface area contributed by atoms with Crippen LogP contribution in [-0.4, -0.2) is 6.04 Å². The zero-order chi connectivity index (χ0) is 10.6. The third-order valence-electron chi connectivity index (χ3n) is 2.10. The summed E-state index contributed by atoms with van der Waals surface area (Å²) in [5.41, 5.74) is 1.15. The largest absolute Gasteiger partial charge is 0.297 e. The molecule has 0 amide bonds. The fourth-order valence-corrected chi connectivity index (χ4v) is 1.49. The van der Waals surface area contributed by atoms with Crippen LogP contribution in [0.15, 0.2) is 24.3 Å². The van der Waals surface area contributed by atoms with Crippen molar-refractivity contribution in [3.63, 3.8) is 0 Å². The van der Waals surface area contributed by atoms with Crippen molar-refractivity contribution in [3.8, 4) is 12.3 Å². The molecule has 74 valence electrons. The van der Waals surface area contributed by atoms with Crippen LogP contribution in [0.1, 0.15) is 25.5 Å². The second kappa shape index (κ2) is 5.05. The molecule has 0 aliphatic rings. The molecular weight excluding hydrogens is 194 g/mol. The molecule has 0 bridgehead atoms. The van der Waals surface area contributed by atoms with Crippen molar-refractivity contribution in [2.75, 3.05) is 0 Å². The molecule has 14 heavy (non-hydrogen) atoms. The molecule has 1 aromatic rings. The second-order valence-corrected chi connectivity index (χ2v) is 3.77. The third-order valence-corrected chi connectivity index (χ3v) is 2.33. The summed E-state index contributed by atoms with van der Waals surface area (Å²) in [5.74, 6) is 2.64. The van der Waals surface area contributed by atoms with Crippen molar-refractivity contribution in [2.45, 2.75) is 25.9 Å². The van der Waals surface area contributed by atoms with Gasteiger partial charge in [0.05, 0.1) is 6.04 Å². The van der Waals surface area contributed by atoms with Gasteiger partial charge in [-0.05, 0) is 31.5 Å². The van der Waals surface area contributed by atoms with E-state index in [2.05, 4.69) is 18.2 Å². The lowest BCUT2D eigenvalue weighted by Crippen LogP contribution is -2.27. The summed E-state index contributed by atoms with van der Waals surface area (Å²) in [6.45, 7) is 4.03. The molecule has 0 saturated heterocycles. The van der Waals surface area contributed by atoms with Crippen LogP contribution < -0.4 is 5.32 Å². The Bertz CT molecular complexity index is 340. The molecule has 0 aliphatic heterocycles. The van der Waals surface area contributed by atoms with Crippen LogP contribution in [0.25, 0.3) is 0 Å². The normalized spacial score (nSPS) is 14.4. The SMILES string of the molecule is C#CC(C)N[C@@H](C)c1cccc(Cl)c1. The van der Waals surface area contributed by atoms with Gasteiger partial charge in [0.25, 0.3) is 0 Å². The van der Waals surface area contributed by atoms with E-state index < -0.39 is 0 Å². The molecule has 1 unspecified atom stereocenters. The van der Waals surface area contributed by atoms with Crippen LogP contribution >= 0.6 is 11.6 Å². The summed E-state index contributed by atoms with van der Waals surface area (Å²) in [4.78, 5) is 0. The Labute approximate surface area is 90.5 Å². The van der Waals surface area contributed by atoms with E-state index in [9.17, 15) is 0 Å². The first-order chi connectivity index (χ1) is 6.63. The van der Waals surface area contributed by atoms with Crippen LogP contribution in [0, 0.1) is 12.3 Å². The Hall–Kier alpha value is -0.970. The van der Waals surface area contributed by atoms with Gasteiger partial charge in [-0.15, -0.1) is 6.42 Å². The summed E-state index contributed by atoms with van der Waals surface area (Å²) in [7, 11) is 0. The minimum atomic E-state index is 0.0731. The molecule has 0 heterocycles. The van der Waals surface area contributed by atoms with Crippen molar-refractivity contribution in [3.05, 3.63) is 34.9 Å². The molecule has 2 atom stereocenters. The van der Waals surface area contributed by atoms with E-state index in [1.807, 2.05) is 31.2 Å². The summed E-state index contributed by atoms with van der Waals surface area (Å²) in [6, 6.07) is 8.08. The van der Waals surface area contributed by atoms with Gasteiger partial charge in [-0.1, -0.05) is 29.7 Å². The Kier molecular flexibility index (Phi) is 4.00. The maximum Gasteiger partial charge on any atom is 0.0662 e. The van der Waals surface area contributed by atoms with Crippen LogP contribution in [0.2, 0.25) is 5.02 Å². The van der Waals surface area contributed by atoms with Gasteiger partial charge in [-0.25, -0.2) is 0 Å². The number of hydrogen-bond donors (Lipinski definition) is 1. The first-order valence-corrected chi connectivity index (χ1v) is 4.99. The van der Waals surface area contributed by atoms with E-state index in [1.165, 1.54) is 0 Å². The van der Waals surface area contributed by atoms with Crippen molar-refractivity contribution in [2.24, 2.45) is 0 Å². The molecule has 0 radical (unpaired) electrons. The Morgan fingerprint density at radius 1 is 1.43 bits per heavy atom. The average Bonchev–Trinajstić information content (AvgIpc) is 2.17. The van der Waals surface area contributed by atoms with E-state index in [-0.39, 0.29) is 12.1 Å². The fourth-order valence-electron chi connectivity index (χ4n) is 1.30. The van der Waals surface area contributed by atoms with Crippen molar-refractivity contribution < 1.29 is 0 Å². The Balaban J connectivity index is 2.70. The number of terminal acetylenes is 1. The van der Waals surface area contributed by atoms with Crippen molar-refractivity contribution >= 4 is 11.6 Å². The zero-order valence-electron chi connectivity index (χ0n) is 8.42. The lowest BCUT2D eigenvalue weighted by molar-refractivity contribution is 0.546. The first-order valence-electron chi connectivity index (χ1n) is 4.61. The highest BCUT2D eigenvalue weighted by molar-refractivity contribution is 6.30. The molecule has 1 rings (SSSR count). The maximum atomic E-state index is 5.89. The highest BCUT2D eigenvalue weighted by Gasteiger charge is 2.07. The summed E-state index contributed by atoms with van der Waals surface area (Å²) < 4.78 is 0. The third kappa shape index (κ3) is 3.06. The van der Waals surface area contributed by atoms with Gasteiger partial charge in [0.15, 0.2) is 0 Å². The van der Waals surface area contributed by atoms with Gasteiger partial charge in [-0.2, -0.15) is 0 Å². The van der Waals surface area contributed by atoms with Crippen LogP contribution in [0.5, 0.6) is 0 Å². The van der Waals surface area contributed by atoms with Crippen LogP contribution in [-0.2, 0) is 0 Å². The minimum Gasteiger partial charge on any atom is -0.297 e. The van der Waals surface area contributed by atoms with E-state index in [4.69, 9.17) is 18.0 Å². The topological polar surface area (TPSA) is 12.0 Å². The number of nitrogens with one attached hydrogen (secondary N) is 1. The summed E-state index contributed by atoms with van der Waals surface area (Å²) in [5, 5.41) is 4.03. The van der Waals surface area contributed by atoms with Crippen LogP contribution in [0.3, 0.4) is 0 Å². The predicted molar refractivity (Wildman–Crippen MR) is 61.3 cm³/mol.